The van der Waals surface area contributed by atoms with E-state index in [1.165, 1.54) is 10.4 Å². The molecule has 0 radical (unpaired) electrons. The zero-order chi connectivity index (χ0) is 21.4. The fraction of sp³-hybridized carbons (Fsp3) is 0.500. The summed E-state index contributed by atoms with van der Waals surface area (Å²) in [5.41, 5.74) is -1.04. The van der Waals surface area contributed by atoms with Gasteiger partial charge in [-0.05, 0) is 28.3 Å². The van der Waals surface area contributed by atoms with Gasteiger partial charge in [0.05, 0.1) is 11.7 Å². The van der Waals surface area contributed by atoms with Gasteiger partial charge in [-0.3, -0.25) is 4.79 Å². The van der Waals surface area contributed by atoms with E-state index in [4.69, 9.17) is 4.43 Å². The fourth-order valence-electron chi connectivity index (χ4n) is 6.90. The van der Waals surface area contributed by atoms with Gasteiger partial charge >= 0.3 is 0 Å². The van der Waals surface area contributed by atoms with Crippen LogP contribution in [0.3, 0.4) is 0 Å². The summed E-state index contributed by atoms with van der Waals surface area (Å²) < 4.78 is 7.39. The molecule has 0 spiro atoms. The Labute approximate surface area is 180 Å². The number of ketones is 1. The van der Waals surface area contributed by atoms with Crippen molar-refractivity contribution in [3.05, 3.63) is 60.7 Å². The van der Waals surface area contributed by atoms with Crippen LogP contribution in [0.25, 0.3) is 0 Å². The molecule has 158 valence electrons. The van der Waals surface area contributed by atoms with E-state index >= 15 is 0 Å². The summed E-state index contributed by atoms with van der Waals surface area (Å²) in [6, 6.07) is 21.4. The van der Waals surface area contributed by atoms with Gasteiger partial charge in [0.25, 0.3) is 8.32 Å². The molecule has 0 aromatic heterocycles. The largest absolute Gasteiger partial charge is 0.404 e. The lowest BCUT2D eigenvalue weighted by atomic mass is 9.74. The predicted molar refractivity (Wildman–Crippen MR) is 121 cm³/mol. The minimum atomic E-state index is -2.67. The molecule has 0 bridgehead atoms. The minimum Gasteiger partial charge on any atom is -0.404 e. The van der Waals surface area contributed by atoms with Crippen molar-refractivity contribution in [1.82, 2.24) is 0 Å². The van der Waals surface area contributed by atoms with Crippen molar-refractivity contribution in [1.29, 1.82) is 0 Å². The smallest absolute Gasteiger partial charge is 0.261 e. The van der Waals surface area contributed by atoms with Crippen molar-refractivity contribution in [2.24, 2.45) is 17.3 Å². The lowest BCUT2D eigenvalue weighted by molar-refractivity contribution is -0.128. The summed E-state index contributed by atoms with van der Waals surface area (Å²) in [6.07, 6.45) is 1.81. The highest BCUT2D eigenvalue weighted by atomic mass is 28.4. The van der Waals surface area contributed by atoms with E-state index in [2.05, 4.69) is 88.4 Å². The quantitative estimate of drug-likeness (QED) is 0.768. The first-order valence-electron chi connectivity index (χ1n) is 11.2. The highest BCUT2D eigenvalue weighted by Crippen LogP contribution is 2.75. The Morgan fingerprint density at radius 3 is 2.03 bits per heavy atom. The first-order valence-corrected chi connectivity index (χ1v) is 13.1. The van der Waals surface area contributed by atoms with Crippen LogP contribution in [0.2, 0.25) is 5.04 Å². The van der Waals surface area contributed by atoms with Crippen LogP contribution in [0.5, 0.6) is 0 Å². The van der Waals surface area contributed by atoms with E-state index in [0.717, 1.165) is 6.42 Å². The van der Waals surface area contributed by atoms with Gasteiger partial charge < -0.3 is 9.53 Å². The van der Waals surface area contributed by atoms with Crippen LogP contribution in [0.4, 0.5) is 0 Å². The number of rotatable bonds is 4. The molecule has 5 rings (SSSR count). The average molecular weight is 421 g/mol. The number of benzene rings is 2. The molecule has 3 fully saturated rings. The molecule has 0 heterocycles. The monoisotopic (exact) mass is 420 g/mol. The summed E-state index contributed by atoms with van der Waals surface area (Å²) >= 11 is 0. The van der Waals surface area contributed by atoms with Crippen molar-refractivity contribution in [2.75, 3.05) is 0 Å². The molecule has 4 heteroatoms. The topological polar surface area (TPSA) is 46.5 Å². The molecule has 3 saturated carbocycles. The molecule has 2 aromatic rings. The van der Waals surface area contributed by atoms with Gasteiger partial charge in [-0.1, -0.05) is 88.4 Å². The SMILES string of the molecule is CC(C)(C)[Si](O[C@H]1CC[C@@]2(O)CC(=O)[C@@H]3[C@H]2[C@]13C)(c1ccccc1)c1ccccc1. The molecule has 0 aliphatic heterocycles. The Bertz CT molecular complexity index is 927. The molecule has 2 aromatic carbocycles. The lowest BCUT2D eigenvalue weighted by Gasteiger charge is -2.49. The average Bonchev–Trinajstić information content (AvgIpc) is 3.27. The van der Waals surface area contributed by atoms with Crippen molar-refractivity contribution < 1.29 is 14.3 Å². The van der Waals surface area contributed by atoms with Gasteiger partial charge in [-0.2, -0.15) is 0 Å². The van der Waals surface area contributed by atoms with Crippen molar-refractivity contribution in [3.63, 3.8) is 0 Å². The fourth-order valence-corrected chi connectivity index (χ4v) is 11.7. The Morgan fingerprint density at radius 1 is 1.00 bits per heavy atom. The molecule has 3 nitrogen and oxygen atoms in total. The Kier molecular flexibility index (Phi) is 4.29. The Hall–Kier alpha value is -1.75. The lowest BCUT2D eigenvalue weighted by Crippen LogP contribution is -2.68. The first kappa shape index (κ1) is 20.2. The maximum atomic E-state index is 12.7. The Morgan fingerprint density at radius 2 is 1.53 bits per heavy atom. The molecular weight excluding hydrogens is 388 g/mol. The van der Waals surface area contributed by atoms with E-state index in [-0.39, 0.29) is 34.2 Å². The summed E-state index contributed by atoms with van der Waals surface area (Å²) in [6.45, 7) is 9.06. The van der Waals surface area contributed by atoms with Gasteiger partial charge in [0.1, 0.15) is 5.78 Å². The molecule has 30 heavy (non-hydrogen) atoms. The maximum Gasteiger partial charge on any atom is 0.261 e. The van der Waals surface area contributed by atoms with Crippen LogP contribution < -0.4 is 10.4 Å². The highest BCUT2D eigenvalue weighted by molar-refractivity contribution is 6.99. The molecule has 5 atom stereocenters. The Balaban J connectivity index is 1.63. The summed E-state index contributed by atoms with van der Waals surface area (Å²) in [7, 11) is -2.67. The van der Waals surface area contributed by atoms with Crippen LogP contribution in [-0.4, -0.2) is 30.9 Å². The first-order chi connectivity index (χ1) is 14.1. The van der Waals surface area contributed by atoms with Crippen LogP contribution in [-0.2, 0) is 9.22 Å². The van der Waals surface area contributed by atoms with Gasteiger partial charge in [-0.15, -0.1) is 0 Å². The normalized spacial score (nSPS) is 35.2. The predicted octanol–water partition coefficient (Wildman–Crippen LogP) is 3.68. The number of fused-ring (bicyclic) bond motifs is 1. The molecule has 0 saturated heterocycles. The molecular formula is C26H32O3Si. The number of Topliss-reactive ketones (excluding diaryl/α,β-unsaturated/α-hetero) is 1. The summed E-state index contributed by atoms with van der Waals surface area (Å²) in [5.74, 6) is 0.267. The second kappa shape index (κ2) is 6.38. The van der Waals surface area contributed by atoms with Gasteiger partial charge in [0.2, 0.25) is 0 Å². The van der Waals surface area contributed by atoms with Gasteiger partial charge in [0, 0.05) is 23.7 Å². The van der Waals surface area contributed by atoms with Gasteiger partial charge in [0.15, 0.2) is 0 Å². The maximum absolute atomic E-state index is 12.7. The minimum absolute atomic E-state index is 0.0108. The molecule has 0 unspecified atom stereocenters. The zero-order valence-electron chi connectivity index (χ0n) is 18.4. The second-order valence-electron chi connectivity index (χ2n) is 10.9. The van der Waals surface area contributed by atoms with E-state index in [0.29, 0.717) is 12.8 Å². The summed E-state index contributed by atoms with van der Waals surface area (Å²) in [5, 5.41) is 13.6. The van der Waals surface area contributed by atoms with E-state index in [1.54, 1.807) is 0 Å². The number of carbonyl (C=O) groups excluding carboxylic acids is 1. The molecule has 3 aliphatic rings. The van der Waals surface area contributed by atoms with Crippen molar-refractivity contribution in [3.8, 4) is 0 Å². The van der Waals surface area contributed by atoms with E-state index in [9.17, 15) is 9.90 Å². The number of hydrogen-bond acceptors (Lipinski definition) is 3. The number of hydrogen-bond donors (Lipinski definition) is 1. The van der Waals surface area contributed by atoms with Crippen LogP contribution in [0.15, 0.2) is 60.7 Å². The second-order valence-corrected chi connectivity index (χ2v) is 15.1. The van der Waals surface area contributed by atoms with Crippen LogP contribution >= 0.6 is 0 Å². The van der Waals surface area contributed by atoms with E-state index in [1.807, 2.05) is 0 Å². The third kappa shape index (κ3) is 2.53. The van der Waals surface area contributed by atoms with Gasteiger partial charge in [-0.25, -0.2) is 0 Å². The van der Waals surface area contributed by atoms with Crippen molar-refractivity contribution in [2.45, 2.75) is 63.7 Å². The number of aliphatic hydroxyl groups is 1. The summed E-state index contributed by atoms with van der Waals surface area (Å²) in [4.78, 5) is 12.7. The molecule has 1 N–H and O–H groups in total. The number of carbonyl (C=O) groups is 1. The highest BCUT2D eigenvalue weighted by Gasteiger charge is 2.81. The molecule has 0 amide bonds. The van der Waals surface area contributed by atoms with E-state index < -0.39 is 13.9 Å². The molecule has 3 aliphatic carbocycles. The van der Waals surface area contributed by atoms with Crippen LogP contribution in [0, 0.1) is 17.3 Å². The van der Waals surface area contributed by atoms with Crippen molar-refractivity contribution >= 4 is 24.5 Å². The third-order valence-corrected chi connectivity index (χ3v) is 13.3. The standard InChI is InChI=1S/C26H32O3Si/c1-24(2,3)30(18-11-7-5-8-12-18,19-13-9-6-10-14-19)29-21-15-16-26(28)17-20(27)22-23(26)25(21,22)4/h5-14,21-23,28H,15-17H2,1-4H3/t21-,22+,23-,25+,26+/m0/s1. The third-order valence-electron chi connectivity index (χ3n) is 8.24. The zero-order valence-corrected chi connectivity index (χ0v) is 19.4. The van der Waals surface area contributed by atoms with Crippen LogP contribution in [0.1, 0.15) is 47.0 Å².